The average Bonchev–Trinajstić information content (AvgIpc) is 2.75. The Morgan fingerprint density at radius 3 is 2.53 bits per heavy atom. The molecule has 4 rings (SSSR count). The third kappa shape index (κ3) is 5.46. The van der Waals surface area contributed by atoms with Crippen molar-refractivity contribution in [1.82, 2.24) is 9.88 Å². The van der Waals surface area contributed by atoms with Gasteiger partial charge in [0.25, 0.3) is 0 Å². The molecule has 0 aliphatic carbocycles. The van der Waals surface area contributed by atoms with E-state index in [1.165, 1.54) is 0 Å². The van der Waals surface area contributed by atoms with Gasteiger partial charge in [-0.25, -0.2) is 9.78 Å². The van der Waals surface area contributed by atoms with E-state index in [9.17, 15) is 9.90 Å². The molecular weight excluding hydrogens is 417 g/mol. The van der Waals surface area contributed by atoms with Crippen LogP contribution in [0.5, 0.6) is 5.88 Å². The molecule has 0 saturated carbocycles. The number of hydrogen-bond acceptors (Lipinski definition) is 6. The molecule has 0 atom stereocenters. The summed E-state index contributed by atoms with van der Waals surface area (Å²) in [6.45, 7) is 8.14. The number of hydrogen-bond donors (Lipinski definition) is 1. The first-order chi connectivity index (χ1) is 15.0. The van der Waals surface area contributed by atoms with Crippen LogP contribution in [0.2, 0.25) is 0 Å². The second-order valence-electron chi connectivity index (χ2n) is 8.45. The molecule has 8 heteroatoms. The van der Waals surface area contributed by atoms with E-state index >= 15 is 0 Å². The van der Waals surface area contributed by atoms with Gasteiger partial charge < -0.3 is 19.5 Å². The van der Waals surface area contributed by atoms with Gasteiger partial charge in [0.2, 0.25) is 5.88 Å². The van der Waals surface area contributed by atoms with Crippen LogP contribution in [0.1, 0.15) is 35.7 Å². The van der Waals surface area contributed by atoms with Gasteiger partial charge in [-0.1, -0.05) is 0 Å². The SMILES string of the molecule is CCN(c1cc(-c2ccc(OC3CN(C)C3)nc2)cc(C(=O)O)c1C)C1CCOCC1.[NaH]. The summed E-state index contributed by atoms with van der Waals surface area (Å²) in [5.74, 6) is -0.310. The Balaban J connectivity index is 0.00000289. The zero-order valence-corrected chi connectivity index (χ0v) is 18.5. The fraction of sp³-hybridized carbons (Fsp3) is 0.500. The summed E-state index contributed by atoms with van der Waals surface area (Å²) in [6, 6.07) is 8.01. The molecule has 0 unspecified atom stereocenters. The molecule has 0 radical (unpaired) electrons. The summed E-state index contributed by atoms with van der Waals surface area (Å²) in [6.07, 6.45) is 3.85. The van der Waals surface area contributed by atoms with Gasteiger partial charge in [-0.3, -0.25) is 4.90 Å². The van der Waals surface area contributed by atoms with Crippen LogP contribution in [0, 0.1) is 6.92 Å². The number of aromatic nitrogens is 1. The number of carboxylic acids is 1. The molecule has 2 fully saturated rings. The molecule has 1 N–H and O–H groups in total. The molecule has 32 heavy (non-hydrogen) atoms. The van der Waals surface area contributed by atoms with Crippen LogP contribution in [0.3, 0.4) is 0 Å². The van der Waals surface area contributed by atoms with Crippen molar-refractivity contribution >= 4 is 41.2 Å². The number of rotatable bonds is 7. The Hall–Kier alpha value is -1.64. The summed E-state index contributed by atoms with van der Waals surface area (Å²) in [4.78, 5) is 21.0. The molecule has 1 aromatic heterocycles. The number of carbonyl (C=O) groups is 1. The molecular formula is C24H32N3NaO4. The van der Waals surface area contributed by atoms with Crippen molar-refractivity contribution in [1.29, 1.82) is 0 Å². The van der Waals surface area contributed by atoms with Gasteiger partial charge in [0, 0.05) is 62.4 Å². The summed E-state index contributed by atoms with van der Waals surface area (Å²) < 4.78 is 11.4. The Morgan fingerprint density at radius 1 is 1.25 bits per heavy atom. The molecule has 2 aliphatic rings. The van der Waals surface area contributed by atoms with E-state index < -0.39 is 5.97 Å². The van der Waals surface area contributed by atoms with Crippen molar-refractivity contribution < 1.29 is 19.4 Å². The summed E-state index contributed by atoms with van der Waals surface area (Å²) in [7, 11) is 2.06. The Kier molecular flexibility index (Phi) is 8.58. The van der Waals surface area contributed by atoms with Crippen molar-refractivity contribution in [3.8, 4) is 17.0 Å². The molecule has 3 heterocycles. The normalized spacial score (nSPS) is 17.3. The number of likely N-dealkylation sites (tertiary alicyclic amines) is 1. The third-order valence-corrected chi connectivity index (χ3v) is 6.28. The third-order valence-electron chi connectivity index (χ3n) is 6.28. The molecule has 168 valence electrons. The predicted octanol–water partition coefficient (Wildman–Crippen LogP) is 2.80. The number of aromatic carboxylic acids is 1. The van der Waals surface area contributed by atoms with E-state index in [0.29, 0.717) is 17.5 Å². The number of nitrogens with zero attached hydrogens (tertiary/aromatic N) is 3. The summed E-state index contributed by atoms with van der Waals surface area (Å²) in [5.41, 5.74) is 3.83. The Bertz CT molecular complexity index is 926. The van der Waals surface area contributed by atoms with Gasteiger partial charge in [0.05, 0.1) is 5.56 Å². The minimum absolute atomic E-state index is 0. The minimum atomic E-state index is -0.911. The van der Waals surface area contributed by atoms with E-state index in [1.54, 1.807) is 12.3 Å². The van der Waals surface area contributed by atoms with Crippen LogP contribution in [0.15, 0.2) is 30.5 Å². The van der Waals surface area contributed by atoms with Crippen LogP contribution in [-0.4, -0.2) is 103 Å². The number of carboxylic acid groups (broad SMARTS) is 1. The van der Waals surface area contributed by atoms with Crippen molar-refractivity contribution in [3.63, 3.8) is 0 Å². The molecule has 0 bridgehead atoms. The first kappa shape index (κ1) is 25.0. The number of anilines is 1. The average molecular weight is 450 g/mol. The molecule has 7 nitrogen and oxygen atoms in total. The quantitative estimate of drug-likeness (QED) is 0.652. The van der Waals surface area contributed by atoms with E-state index in [2.05, 4.69) is 34.8 Å². The zero-order valence-electron chi connectivity index (χ0n) is 18.5. The van der Waals surface area contributed by atoms with Crippen LogP contribution in [0.25, 0.3) is 11.1 Å². The molecule has 1 aromatic carbocycles. The number of ether oxygens (including phenoxy) is 2. The monoisotopic (exact) mass is 449 g/mol. The number of pyridine rings is 1. The second-order valence-corrected chi connectivity index (χ2v) is 8.45. The van der Waals surface area contributed by atoms with Gasteiger partial charge in [0.15, 0.2) is 0 Å². The van der Waals surface area contributed by atoms with Crippen molar-refractivity contribution in [2.24, 2.45) is 0 Å². The molecule has 0 spiro atoms. The second kappa shape index (κ2) is 11.0. The number of likely N-dealkylation sites (N-methyl/N-ethyl adjacent to an activating group) is 1. The summed E-state index contributed by atoms with van der Waals surface area (Å²) in [5, 5.41) is 9.85. The van der Waals surface area contributed by atoms with Crippen molar-refractivity contribution in [3.05, 3.63) is 41.6 Å². The molecule has 2 saturated heterocycles. The van der Waals surface area contributed by atoms with Crippen LogP contribution < -0.4 is 9.64 Å². The van der Waals surface area contributed by atoms with Gasteiger partial charge in [-0.2, -0.15) is 0 Å². The Labute approximate surface area is 212 Å². The van der Waals surface area contributed by atoms with Gasteiger partial charge in [0.1, 0.15) is 6.10 Å². The van der Waals surface area contributed by atoms with E-state index in [-0.39, 0.29) is 35.7 Å². The van der Waals surface area contributed by atoms with Gasteiger partial charge in [-0.15, -0.1) is 0 Å². The van der Waals surface area contributed by atoms with Crippen LogP contribution >= 0.6 is 0 Å². The zero-order chi connectivity index (χ0) is 22.0. The van der Waals surface area contributed by atoms with E-state index in [1.807, 2.05) is 19.1 Å². The molecule has 2 aliphatic heterocycles. The Morgan fingerprint density at radius 2 is 1.97 bits per heavy atom. The standard InChI is InChI=1S/C24H31N3O4.Na.H/c1-4-27(19-7-9-30-10-8-19)22-12-18(11-21(16(22)2)24(28)29)17-5-6-23(25-13-17)31-20-14-26(3)15-20;;/h5-6,11-13,19-20H,4,7-10,14-15H2,1-3H3,(H,28,29);;. The fourth-order valence-electron chi connectivity index (χ4n) is 4.52. The molecule has 2 aromatic rings. The van der Waals surface area contributed by atoms with E-state index in [0.717, 1.165) is 68.1 Å². The number of benzene rings is 1. The van der Waals surface area contributed by atoms with Gasteiger partial charge in [-0.05, 0) is 63.1 Å². The van der Waals surface area contributed by atoms with Crippen LogP contribution in [-0.2, 0) is 4.74 Å². The fourth-order valence-corrected chi connectivity index (χ4v) is 4.52. The topological polar surface area (TPSA) is 75.1 Å². The molecule has 0 amide bonds. The predicted molar refractivity (Wildman–Crippen MR) is 127 cm³/mol. The van der Waals surface area contributed by atoms with E-state index in [4.69, 9.17) is 9.47 Å². The first-order valence-corrected chi connectivity index (χ1v) is 11.0. The first-order valence-electron chi connectivity index (χ1n) is 11.0. The van der Waals surface area contributed by atoms with Gasteiger partial charge >= 0.3 is 35.5 Å². The van der Waals surface area contributed by atoms with Crippen molar-refractivity contribution in [2.45, 2.75) is 38.8 Å². The van der Waals surface area contributed by atoms with Crippen LogP contribution in [0.4, 0.5) is 5.69 Å². The maximum atomic E-state index is 12.0. The van der Waals surface area contributed by atoms with Crippen molar-refractivity contribution in [2.75, 3.05) is 44.8 Å². The summed E-state index contributed by atoms with van der Waals surface area (Å²) >= 11 is 0. The maximum absolute atomic E-state index is 12.0.